The molecule has 1 aliphatic rings. The molecule has 1 amide bonds. The second kappa shape index (κ2) is 5.47. The van der Waals surface area contributed by atoms with Crippen molar-refractivity contribution in [3.63, 3.8) is 0 Å². The maximum Gasteiger partial charge on any atom is 0.227 e. The van der Waals surface area contributed by atoms with E-state index in [9.17, 15) is 4.79 Å². The molecule has 0 fully saturated rings. The minimum absolute atomic E-state index is 0.00606. The zero-order valence-electron chi connectivity index (χ0n) is 11.2. The van der Waals surface area contributed by atoms with Crippen molar-refractivity contribution >= 4 is 21.8 Å². The zero-order valence-corrected chi connectivity index (χ0v) is 12.8. The van der Waals surface area contributed by atoms with E-state index >= 15 is 0 Å². The molecule has 1 aromatic rings. The molecule has 0 spiro atoms. The van der Waals surface area contributed by atoms with E-state index in [0.29, 0.717) is 6.42 Å². The van der Waals surface area contributed by atoms with Crippen LogP contribution in [-0.4, -0.2) is 11.9 Å². The van der Waals surface area contributed by atoms with Gasteiger partial charge in [0.15, 0.2) is 0 Å². The lowest BCUT2D eigenvalue weighted by Gasteiger charge is -2.28. The summed E-state index contributed by atoms with van der Waals surface area (Å²) in [4.78, 5) is 12.2. The molecule has 0 bridgehead atoms. The largest absolute Gasteiger partial charge is 0.347 e. The van der Waals surface area contributed by atoms with E-state index < -0.39 is 5.54 Å². The lowest BCUT2D eigenvalue weighted by Crippen LogP contribution is -2.43. The van der Waals surface area contributed by atoms with Crippen LogP contribution in [0.5, 0.6) is 0 Å². The first-order valence-electron chi connectivity index (χ1n) is 6.40. The van der Waals surface area contributed by atoms with E-state index in [2.05, 4.69) is 21.2 Å². The van der Waals surface area contributed by atoms with E-state index in [-0.39, 0.29) is 17.9 Å². The Hall–Kier alpha value is -1.13. The number of hydrogen-bond acceptors (Lipinski definition) is 2. The Morgan fingerprint density at radius 1 is 1.32 bits per heavy atom. The Labute approximate surface area is 122 Å². The smallest absolute Gasteiger partial charge is 0.227 e. The summed E-state index contributed by atoms with van der Waals surface area (Å²) in [7, 11) is 0. The summed E-state index contributed by atoms with van der Waals surface area (Å²) in [6.07, 6.45) is 4.50. The van der Waals surface area contributed by atoms with Crippen LogP contribution in [0.2, 0.25) is 0 Å². The number of amides is 1. The Morgan fingerprint density at radius 2 is 1.95 bits per heavy atom. The summed E-state index contributed by atoms with van der Waals surface area (Å²) in [6.45, 7) is 4.01. The quantitative estimate of drug-likeness (QED) is 0.841. The highest BCUT2D eigenvalue weighted by Gasteiger charge is 2.28. The first kappa shape index (κ1) is 14.3. The number of halogens is 1. The Kier molecular flexibility index (Phi) is 4.11. The van der Waals surface area contributed by atoms with Gasteiger partial charge in [-0.25, -0.2) is 0 Å². The van der Waals surface area contributed by atoms with Crippen LogP contribution in [0.25, 0.3) is 0 Å². The van der Waals surface area contributed by atoms with Crippen molar-refractivity contribution in [2.75, 3.05) is 0 Å². The monoisotopic (exact) mass is 322 g/mol. The first-order valence-corrected chi connectivity index (χ1v) is 7.20. The van der Waals surface area contributed by atoms with E-state index in [4.69, 9.17) is 5.73 Å². The van der Waals surface area contributed by atoms with E-state index in [0.717, 1.165) is 10.0 Å². The summed E-state index contributed by atoms with van der Waals surface area (Å²) < 4.78 is 1.03. The van der Waals surface area contributed by atoms with Crippen LogP contribution >= 0.6 is 15.9 Å². The average molecular weight is 323 g/mol. The van der Waals surface area contributed by atoms with E-state index in [1.807, 2.05) is 50.3 Å². The lowest BCUT2D eigenvalue weighted by atomic mass is 9.93. The van der Waals surface area contributed by atoms with Gasteiger partial charge in [0.05, 0.1) is 11.5 Å². The van der Waals surface area contributed by atoms with Crippen LogP contribution in [0.3, 0.4) is 0 Å². The van der Waals surface area contributed by atoms with Crippen molar-refractivity contribution in [2.24, 2.45) is 11.7 Å². The van der Waals surface area contributed by atoms with Crippen LogP contribution in [0.15, 0.2) is 40.9 Å². The third kappa shape index (κ3) is 3.45. The van der Waals surface area contributed by atoms with Gasteiger partial charge in [0.1, 0.15) is 0 Å². The maximum absolute atomic E-state index is 12.2. The first-order chi connectivity index (χ1) is 8.88. The SMILES string of the molecule is CC(C)(NC(=O)C1C=CC(N)C1)c1ccc(Br)cc1. The second-order valence-corrected chi connectivity index (χ2v) is 6.43. The zero-order chi connectivity index (χ0) is 14.0. The summed E-state index contributed by atoms with van der Waals surface area (Å²) in [5.74, 6) is -0.0677. The molecule has 3 nitrogen and oxygen atoms in total. The molecular formula is C15H19BrN2O. The number of hydrogen-bond donors (Lipinski definition) is 2. The number of benzene rings is 1. The van der Waals surface area contributed by atoms with Gasteiger partial charge in [-0.3, -0.25) is 4.79 Å². The molecular weight excluding hydrogens is 304 g/mol. The lowest BCUT2D eigenvalue weighted by molar-refractivity contribution is -0.125. The molecule has 0 saturated carbocycles. The summed E-state index contributed by atoms with van der Waals surface area (Å²) in [5, 5.41) is 3.09. The van der Waals surface area contributed by atoms with Crippen LogP contribution in [-0.2, 0) is 10.3 Å². The maximum atomic E-state index is 12.2. The average Bonchev–Trinajstić information content (AvgIpc) is 2.76. The molecule has 1 aliphatic carbocycles. The van der Waals surface area contributed by atoms with Crippen molar-refractivity contribution in [1.82, 2.24) is 5.32 Å². The molecule has 2 rings (SSSR count). The van der Waals surface area contributed by atoms with Crippen LogP contribution in [0, 0.1) is 5.92 Å². The van der Waals surface area contributed by atoms with Crippen molar-refractivity contribution in [1.29, 1.82) is 0 Å². The van der Waals surface area contributed by atoms with Crippen molar-refractivity contribution < 1.29 is 4.79 Å². The number of carbonyl (C=O) groups is 1. The van der Waals surface area contributed by atoms with Gasteiger partial charge in [0, 0.05) is 10.5 Å². The normalized spacial score (nSPS) is 22.5. The highest BCUT2D eigenvalue weighted by Crippen LogP contribution is 2.24. The Bertz CT molecular complexity index is 493. The number of rotatable bonds is 3. The molecule has 19 heavy (non-hydrogen) atoms. The fraction of sp³-hybridized carbons (Fsp3) is 0.400. The molecule has 3 N–H and O–H groups in total. The fourth-order valence-electron chi connectivity index (χ4n) is 2.26. The molecule has 1 aromatic carbocycles. The minimum Gasteiger partial charge on any atom is -0.347 e. The van der Waals surface area contributed by atoms with Gasteiger partial charge < -0.3 is 11.1 Å². The van der Waals surface area contributed by atoms with Crippen LogP contribution in [0.4, 0.5) is 0 Å². The molecule has 0 radical (unpaired) electrons. The summed E-state index contributed by atoms with van der Waals surface area (Å²) in [5.41, 5.74) is 6.47. The van der Waals surface area contributed by atoms with E-state index in [1.165, 1.54) is 0 Å². The number of nitrogens with two attached hydrogens (primary N) is 1. The Morgan fingerprint density at radius 3 is 2.47 bits per heavy atom. The van der Waals surface area contributed by atoms with Crippen molar-refractivity contribution in [3.05, 3.63) is 46.5 Å². The van der Waals surface area contributed by atoms with Crippen molar-refractivity contribution in [2.45, 2.75) is 31.8 Å². The Balaban J connectivity index is 2.06. The second-order valence-electron chi connectivity index (χ2n) is 5.51. The standard InChI is InChI=1S/C15H19BrN2O/c1-15(2,11-4-6-12(16)7-5-11)18-14(19)10-3-8-13(17)9-10/h3-8,10,13H,9,17H2,1-2H3,(H,18,19). The van der Waals surface area contributed by atoms with Gasteiger partial charge in [-0.1, -0.05) is 40.2 Å². The third-order valence-corrected chi connectivity index (χ3v) is 3.98. The highest BCUT2D eigenvalue weighted by molar-refractivity contribution is 9.10. The predicted molar refractivity (Wildman–Crippen MR) is 80.5 cm³/mol. The molecule has 0 heterocycles. The van der Waals surface area contributed by atoms with Crippen LogP contribution < -0.4 is 11.1 Å². The minimum atomic E-state index is -0.391. The highest BCUT2D eigenvalue weighted by atomic mass is 79.9. The van der Waals surface area contributed by atoms with Gasteiger partial charge in [0.25, 0.3) is 0 Å². The van der Waals surface area contributed by atoms with Gasteiger partial charge in [-0.15, -0.1) is 0 Å². The molecule has 0 aliphatic heterocycles. The molecule has 0 aromatic heterocycles. The number of nitrogens with one attached hydrogen (secondary N) is 1. The van der Waals surface area contributed by atoms with Crippen LogP contribution in [0.1, 0.15) is 25.8 Å². The van der Waals surface area contributed by atoms with Gasteiger partial charge in [-0.05, 0) is 38.0 Å². The van der Waals surface area contributed by atoms with Gasteiger partial charge in [0.2, 0.25) is 5.91 Å². The van der Waals surface area contributed by atoms with Gasteiger partial charge in [-0.2, -0.15) is 0 Å². The molecule has 2 atom stereocenters. The van der Waals surface area contributed by atoms with Crippen molar-refractivity contribution in [3.8, 4) is 0 Å². The summed E-state index contributed by atoms with van der Waals surface area (Å²) >= 11 is 3.41. The van der Waals surface area contributed by atoms with Gasteiger partial charge >= 0.3 is 0 Å². The molecule has 2 unspecified atom stereocenters. The molecule has 102 valence electrons. The topological polar surface area (TPSA) is 55.1 Å². The predicted octanol–water partition coefficient (Wildman–Crippen LogP) is 2.70. The fourth-order valence-corrected chi connectivity index (χ4v) is 2.53. The van der Waals surface area contributed by atoms with E-state index in [1.54, 1.807) is 0 Å². The number of carbonyl (C=O) groups excluding carboxylic acids is 1. The molecule has 4 heteroatoms. The molecule has 0 saturated heterocycles. The third-order valence-electron chi connectivity index (χ3n) is 3.46. The summed E-state index contributed by atoms with van der Waals surface area (Å²) in [6, 6.07) is 8.00.